The van der Waals surface area contributed by atoms with Crippen LogP contribution in [-0.2, 0) is 0 Å². The molecule has 2 N–H and O–H groups in total. The topological polar surface area (TPSA) is 58.9 Å². The second-order valence-corrected chi connectivity index (χ2v) is 4.14. The minimum atomic E-state index is -0.0308. The van der Waals surface area contributed by atoms with Crippen molar-refractivity contribution < 1.29 is 19.7 Å². The van der Waals surface area contributed by atoms with Gasteiger partial charge in [-0.05, 0) is 12.1 Å². The molecule has 0 spiro atoms. The van der Waals surface area contributed by atoms with Crippen molar-refractivity contribution >= 4 is 0 Å². The van der Waals surface area contributed by atoms with Crippen molar-refractivity contribution in [3.05, 3.63) is 48.5 Å². The van der Waals surface area contributed by atoms with Crippen LogP contribution >= 0.6 is 0 Å². The number of hydrogen-bond acceptors (Lipinski definition) is 4. The van der Waals surface area contributed by atoms with Crippen molar-refractivity contribution in [2.45, 2.75) is 0 Å². The van der Waals surface area contributed by atoms with Gasteiger partial charge in [0, 0.05) is 11.1 Å². The van der Waals surface area contributed by atoms with Crippen LogP contribution in [0.1, 0.15) is 0 Å². The molecule has 0 fully saturated rings. The Balaban J connectivity index is 2.35. The molecule has 0 unspecified atom stereocenters. The van der Waals surface area contributed by atoms with E-state index < -0.39 is 0 Å². The van der Waals surface area contributed by atoms with Crippen LogP contribution in [0.15, 0.2) is 48.5 Å². The van der Waals surface area contributed by atoms with E-state index in [0.29, 0.717) is 11.5 Å². The molecule has 4 heteroatoms. The number of hydrogen-bond donors (Lipinski definition) is 2. The Bertz CT molecular complexity index is 490. The molecule has 0 atom stereocenters. The Hall–Kier alpha value is -2.04. The number of aliphatic hydroxyl groups is 2. The minimum absolute atomic E-state index is 0.0308. The van der Waals surface area contributed by atoms with Crippen LogP contribution in [0.5, 0.6) is 11.5 Å². The average Bonchev–Trinajstić information content (AvgIpc) is 2.51. The molecule has 0 saturated carbocycles. The molecular weight excluding hydrogens is 256 g/mol. The fourth-order valence-corrected chi connectivity index (χ4v) is 1.94. The first-order valence-corrected chi connectivity index (χ1v) is 6.52. The summed E-state index contributed by atoms with van der Waals surface area (Å²) in [6.07, 6.45) is 0. The maximum Gasteiger partial charge on any atom is 0.127 e. The standard InChI is InChI=1S/C16H18O4/c17-9-11-19-15-7-3-1-5-13(15)14-6-2-4-8-16(14)20-12-10-18/h1-8,17-18H,9-12H2. The SMILES string of the molecule is OCCOc1ccccc1-c1ccccc1OCCO. The second-order valence-electron chi connectivity index (χ2n) is 4.14. The van der Waals surface area contributed by atoms with Crippen molar-refractivity contribution in [2.75, 3.05) is 26.4 Å². The second kappa shape index (κ2) is 7.53. The van der Waals surface area contributed by atoms with Gasteiger partial charge in [0.15, 0.2) is 0 Å². The largest absolute Gasteiger partial charge is 0.491 e. The highest BCUT2D eigenvalue weighted by molar-refractivity contribution is 5.75. The molecule has 0 aromatic heterocycles. The summed E-state index contributed by atoms with van der Waals surface area (Å²) < 4.78 is 11.1. The zero-order valence-electron chi connectivity index (χ0n) is 11.2. The highest BCUT2D eigenvalue weighted by Gasteiger charge is 2.10. The lowest BCUT2D eigenvalue weighted by Crippen LogP contribution is -2.04. The van der Waals surface area contributed by atoms with Crippen molar-refractivity contribution in [3.63, 3.8) is 0 Å². The van der Waals surface area contributed by atoms with Gasteiger partial charge in [0.25, 0.3) is 0 Å². The number of para-hydroxylation sites is 2. The molecule has 2 rings (SSSR count). The summed E-state index contributed by atoms with van der Waals surface area (Å²) in [5.74, 6) is 1.39. The maximum atomic E-state index is 8.88. The van der Waals surface area contributed by atoms with Gasteiger partial charge in [0.1, 0.15) is 24.7 Å². The van der Waals surface area contributed by atoms with E-state index >= 15 is 0 Å². The summed E-state index contributed by atoms with van der Waals surface area (Å²) in [5, 5.41) is 17.8. The number of ether oxygens (including phenoxy) is 2. The molecule has 0 amide bonds. The van der Waals surface area contributed by atoms with Crippen LogP contribution < -0.4 is 9.47 Å². The Labute approximate surface area is 118 Å². The Kier molecular flexibility index (Phi) is 5.41. The number of benzene rings is 2. The zero-order valence-corrected chi connectivity index (χ0v) is 11.2. The Morgan fingerprint density at radius 3 is 1.45 bits per heavy atom. The monoisotopic (exact) mass is 274 g/mol. The summed E-state index contributed by atoms with van der Waals surface area (Å²) in [7, 11) is 0. The van der Waals surface area contributed by atoms with Crippen LogP contribution in [-0.4, -0.2) is 36.6 Å². The van der Waals surface area contributed by atoms with Crippen LogP contribution in [0.2, 0.25) is 0 Å². The van der Waals surface area contributed by atoms with Crippen molar-refractivity contribution in [3.8, 4) is 22.6 Å². The summed E-state index contributed by atoms with van der Waals surface area (Å²) in [5.41, 5.74) is 1.80. The summed E-state index contributed by atoms with van der Waals surface area (Å²) in [6, 6.07) is 15.2. The van der Waals surface area contributed by atoms with E-state index in [1.165, 1.54) is 0 Å². The van der Waals surface area contributed by atoms with E-state index in [9.17, 15) is 0 Å². The molecule has 0 aliphatic carbocycles. The zero-order chi connectivity index (χ0) is 14.2. The van der Waals surface area contributed by atoms with Crippen molar-refractivity contribution in [1.29, 1.82) is 0 Å². The third-order valence-corrected chi connectivity index (χ3v) is 2.76. The van der Waals surface area contributed by atoms with Gasteiger partial charge in [-0.3, -0.25) is 0 Å². The van der Waals surface area contributed by atoms with Gasteiger partial charge in [-0.25, -0.2) is 0 Å². The van der Waals surface area contributed by atoms with E-state index in [1.807, 2.05) is 48.5 Å². The van der Waals surface area contributed by atoms with Gasteiger partial charge in [-0.2, -0.15) is 0 Å². The van der Waals surface area contributed by atoms with E-state index in [-0.39, 0.29) is 26.4 Å². The van der Waals surface area contributed by atoms with E-state index in [4.69, 9.17) is 19.7 Å². The molecule has 0 heterocycles. The molecule has 4 nitrogen and oxygen atoms in total. The van der Waals surface area contributed by atoms with Gasteiger partial charge in [-0.15, -0.1) is 0 Å². The molecule has 20 heavy (non-hydrogen) atoms. The van der Waals surface area contributed by atoms with Gasteiger partial charge in [-0.1, -0.05) is 36.4 Å². The first-order chi connectivity index (χ1) is 9.86. The van der Waals surface area contributed by atoms with Crippen LogP contribution in [0.3, 0.4) is 0 Å². The van der Waals surface area contributed by atoms with E-state index in [0.717, 1.165) is 11.1 Å². The van der Waals surface area contributed by atoms with Crippen LogP contribution in [0.25, 0.3) is 11.1 Å². The van der Waals surface area contributed by atoms with E-state index in [2.05, 4.69) is 0 Å². The number of aliphatic hydroxyl groups excluding tert-OH is 2. The highest BCUT2D eigenvalue weighted by atomic mass is 16.5. The normalized spacial score (nSPS) is 10.3. The lowest BCUT2D eigenvalue weighted by atomic mass is 10.0. The van der Waals surface area contributed by atoms with Crippen molar-refractivity contribution in [1.82, 2.24) is 0 Å². The molecule has 0 aliphatic rings. The number of rotatable bonds is 7. The van der Waals surface area contributed by atoms with Gasteiger partial charge >= 0.3 is 0 Å². The molecule has 2 aromatic carbocycles. The molecule has 0 saturated heterocycles. The average molecular weight is 274 g/mol. The fourth-order valence-electron chi connectivity index (χ4n) is 1.94. The lowest BCUT2D eigenvalue weighted by molar-refractivity contribution is 0.200. The molecule has 106 valence electrons. The highest BCUT2D eigenvalue weighted by Crippen LogP contribution is 2.36. The first-order valence-electron chi connectivity index (χ1n) is 6.52. The lowest BCUT2D eigenvalue weighted by Gasteiger charge is -2.14. The van der Waals surface area contributed by atoms with Crippen molar-refractivity contribution in [2.24, 2.45) is 0 Å². The predicted molar refractivity (Wildman–Crippen MR) is 77.0 cm³/mol. The van der Waals surface area contributed by atoms with Crippen LogP contribution in [0.4, 0.5) is 0 Å². The quantitative estimate of drug-likeness (QED) is 0.811. The first kappa shape index (κ1) is 14.4. The predicted octanol–water partition coefficient (Wildman–Crippen LogP) is 2.10. The molecule has 0 aliphatic heterocycles. The summed E-state index contributed by atoms with van der Waals surface area (Å²) in [6.45, 7) is 0.432. The van der Waals surface area contributed by atoms with Gasteiger partial charge < -0.3 is 19.7 Å². The Morgan fingerprint density at radius 2 is 1.05 bits per heavy atom. The molecule has 0 bridgehead atoms. The third-order valence-electron chi connectivity index (χ3n) is 2.76. The summed E-state index contributed by atoms with van der Waals surface area (Å²) >= 11 is 0. The van der Waals surface area contributed by atoms with Gasteiger partial charge in [0.05, 0.1) is 13.2 Å². The fraction of sp³-hybridized carbons (Fsp3) is 0.250. The minimum Gasteiger partial charge on any atom is -0.491 e. The van der Waals surface area contributed by atoms with Gasteiger partial charge in [0.2, 0.25) is 0 Å². The summed E-state index contributed by atoms with van der Waals surface area (Å²) in [4.78, 5) is 0. The maximum absolute atomic E-state index is 8.88. The Morgan fingerprint density at radius 1 is 0.650 bits per heavy atom. The molecule has 2 aromatic rings. The third kappa shape index (κ3) is 3.50. The molecular formula is C16H18O4. The smallest absolute Gasteiger partial charge is 0.127 e. The molecule has 0 radical (unpaired) electrons. The van der Waals surface area contributed by atoms with E-state index in [1.54, 1.807) is 0 Å². The van der Waals surface area contributed by atoms with Crippen LogP contribution in [0, 0.1) is 0 Å².